The number of hydrogen-bond donors (Lipinski definition) is 0. The van der Waals surface area contributed by atoms with Crippen LogP contribution in [0.5, 0.6) is 0 Å². The monoisotopic (exact) mass is 881 g/mol. The van der Waals surface area contributed by atoms with E-state index in [0.29, 0.717) is 19.3 Å². The smallest absolute Gasteiger partial charge is 0.306 e. The van der Waals surface area contributed by atoms with Gasteiger partial charge in [0.25, 0.3) is 0 Å². The minimum atomic E-state index is -0.776. The topological polar surface area (TPSA) is 78.9 Å². The van der Waals surface area contributed by atoms with Crippen molar-refractivity contribution in [3.63, 3.8) is 0 Å². The third-order valence-electron chi connectivity index (χ3n) is 11.5. The van der Waals surface area contributed by atoms with Crippen LogP contribution < -0.4 is 0 Å². The lowest BCUT2D eigenvalue weighted by Gasteiger charge is -2.18. The first-order chi connectivity index (χ1) is 31.0. The second-order valence-corrected chi connectivity index (χ2v) is 17.8. The summed E-state index contributed by atoms with van der Waals surface area (Å²) < 4.78 is 16.7. The Hall–Kier alpha value is -2.89. The van der Waals surface area contributed by atoms with Gasteiger partial charge in [0.15, 0.2) is 6.10 Å². The van der Waals surface area contributed by atoms with Crippen LogP contribution in [0.1, 0.15) is 265 Å². The Morgan fingerprint density at radius 1 is 0.333 bits per heavy atom. The van der Waals surface area contributed by atoms with Gasteiger partial charge in [-0.15, -0.1) is 0 Å². The van der Waals surface area contributed by atoms with E-state index in [1.165, 1.54) is 128 Å². The normalized spacial score (nSPS) is 12.5. The molecule has 0 aromatic rings. The molecule has 6 nitrogen and oxygen atoms in total. The Kier molecular flexibility index (Phi) is 49.4. The van der Waals surface area contributed by atoms with E-state index in [-0.39, 0.29) is 31.1 Å². The van der Waals surface area contributed by atoms with Crippen LogP contribution in [0.3, 0.4) is 0 Å². The van der Waals surface area contributed by atoms with Gasteiger partial charge in [-0.05, 0) is 83.5 Å². The van der Waals surface area contributed by atoms with Crippen LogP contribution in [0, 0.1) is 0 Å². The number of allylic oxidation sites excluding steroid dienone is 10. The van der Waals surface area contributed by atoms with Crippen LogP contribution in [0.25, 0.3) is 0 Å². The van der Waals surface area contributed by atoms with E-state index in [0.717, 1.165) is 96.3 Å². The third kappa shape index (κ3) is 50.0. The molecule has 1 unspecified atom stereocenters. The van der Waals surface area contributed by atoms with E-state index in [4.69, 9.17) is 14.2 Å². The molecule has 0 rings (SSSR count). The fourth-order valence-corrected chi connectivity index (χ4v) is 7.49. The number of ether oxygens (including phenoxy) is 3. The molecule has 0 amide bonds. The van der Waals surface area contributed by atoms with Gasteiger partial charge in [0.2, 0.25) is 0 Å². The number of unbranched alkanes of at least 4 members (excludes halogenated alkanes) is 27. The summed E-state index contributed by atoms with van der Waals surface area (Å²) in [6, 6.07) is 0. The van der Waals surface area contributed by atoms with Gasteiger partial charge >= 0.3 is 17.9 Å². The lowest BCUT2D eigenvalue weighted by atomic mass is 10.0. The predicted octanol–water partition coefficient (Wildman–Crippen LogP) is 17.6. The van der Waals surface area contributed by atoms with Gasteiger partial charge in [-0.2, -0.15) is 0 Å². The summed E-state index contributed by atoms with van der Waals surface area (Å²) in [7, 11) is 0. The molecular formula is C57H100O6. The minimum absolute atomic E-state index is 0.0788. The zero-order chi connectivity index (χ0) is 45.8. The first-order valence-corrected chi connectivity index (χ1v) is 26.8. The standard InChI is InChI=1S/C57H100O6/c1-4-7-10-13-15-17-19-21-23-25-26-27-28-29-30-32-33-35-37-39-41-44-47-50-56(59)62-53-54(52-61-55(58)49-46-43-12-9-6-3)63-57(60)51-48-45-42-40-38-36-34-31-24-22-20-18-16-14-11-8-5-2/h8,11,16,18-19,21-22,24-26,54H,4-7,9-10,12-15,17,20,23,27-53H2,1-3H3/b11-8-,18-16-,21-19-,24-22-,26-25-. The summed E-state index contributed by atoms with van der Waals surface area (Å²) in [6.45, 7) is 6.44. The maximum atomic E-state index is 12.7. The molecule has 0 fully saturated rings. The molecule has 0 saturated carbocycles. The maximum absolute atomic E-state index is 12.7. The molecule has 0 aromatic heterocycles. The van der Waals surface area contributed by atoms with Crippen molar-refractivity contribution >= 4 is 17.9 Å². The van der Waals surface area contributed by atoms with Gasteiger partial charge in [0.1, 0.15) is 13.2 Å². The highest BCUT2D eigenvalue weighted by Gasteiger charge is 2.19. The summed E-state index contributed by atoms with van der Waals surface area (Å²) in [5.41, 5.74) is 0. The second-order valence-electron chi connectivity index (χ2n) is 17.8. The summed E-state index contributed by atoms with van der Waals surface area (Å²) >= 11 is 0. The molecule has 0 spiro atoms. The molecule has 63 heavy (non-hydrogen) atoms. The van der Waals surface area contributed by atoms with E-state index in [1.807, 2.05) is 0 Å². The molecular weight excluding hydrogens is 781 g/mol. The average molecular weight is 881 g/mol. The first kappa shape index (κ1) is 60.1. The molecule has 0 heterocycles. The van der Waals surface area contributed by atoms with Crippen molar-refractivity contribution in [3.05, 3.63) is 60.8 Å². The second kappa shape index (κ2) is 51.7. The predicted molar refractivity (Wildman–Crippen MR) is 270 cm³/mol. The van der Waals surface area contributed by atoms with Crippen molar-refractivity contribution in [1.29, 1.82) is 0 Å². The summed E-state index contributed by atoms with van der Waals surface area (Å²) in [5, 5.41) is 0. The zero-order valence-corrected chi connectivity index (χ0v) is 41.6. The third-order valence-corrected chi connectivity index (χ3v) is 11.5. The Morgan fingerprint density at radius 2 is 0.619 bits per heavy atom. The highest BCUT2D eigenvalue weighted by Crippen LogP contribution is 2.15. The van der Waals surface area contributed by atoms with Crippen LogP contribution in [0.4, 0.5) is 0 Å². The molecule has 0 radical (unpaired) electrons. The Labute approximate surface area is 390 Å². The molecule has 0 aliphatic heterocycles. The molecule has 364 valence electrons. The van der Waals surface area contributed by atoms with Crippen LogP contribution in [-0.2, 0) is 28.6 Å². The van der Waals surface area contributed by atoms with Crippen LogP contribution >= 0.6 is 0 Å². The van der Waals surface area contributed by atoms with E-state index in [2.05, 4.69) is 81.5 Å². The molecule has 0 aliphatic carbocycles. The van der Waals surface area contributed by atoms with Crippen molar-refractivity contribution in [1.82, 2.24) is 0 Å². The van der Waals surface area contributed by atoms with Crippen LogP contribution in [-0.4, -0.2) is 37.2 Å². The highest BCUT2D eigenvalue weighted by molar-refractivity contribution is 5.71. The molecule has 1 atom stereocenters. The van der Waals surface area contributed by atoms with Crippen LogP contribution in [0.15, 0.2) is 60.8 Å². The maximum Gasteiger partial charge on any atom is 0.306 e. The van der Waals surface area contributed by atoms with E-state index < -0.39 is 6.10 Å². The lowest BCUT2D eigenvalue weighted by Crippen LogP contribution is -2.30. The van der Waals surface area contributed by atoms with E-state index in [9.17, 15) is 14.4 Å². The number of hydrogen-bond acceptors (Lipinski definition) is 6. The molecule has 0 bridgehead atoms. The minimum Gasteiger partial charge on any atom is -0.462 e. The zero-order valence-electron chi connectivity index (χ0n) is 41.6. The van der Waals surface area contributed by atoms with Crippen LogP contribution in [0.2, 0.25) is 0 Å². The number of carbonyl (C=O) groups is 3. The van der Waals surface area contributed by atoms with E-state index in [1.54, 1.807) is 0 Å². The summed E-state index contributed by atoms with van der Waals surface area (Å²) in [5.74, 6) is -0.900. The Bertz CT molecular complexity index is 1150. The quantitative estimate of drug-likeness (QED) is 0.0262. The largest absolute Gasteiger partial charge is 0.462 e. The van der Waals surface area contributed by atoms with Gasteiger partial charge in [-0.3, -0.25) is 14.4 Å². The fourth-order valence-electron chi connectivity index (χ4n) is 7.49. The SMILES string of the molecule is CC/C=C\C/C=C\C/C=C\CCCCCCCCCC(=O)OC(COC(=O)CCCCCCC)COC(=O)CCCCCCCCCCCCC/C=C\C/C=C\CCCCCCC. The van der Waals surface area contributed by atoms with Crippen molar-refractivity contribution in [2.24, 2.45) is 0 Å². The highest BCUT2D eigenvalue weighted by atomic mass is 16.6. The van der Waals surface area contributed by atoms with Crippen molar-refractivity contribution < 1.29 is 28.6 Å². The summed E-state index contributed by atoms with van der Waals surface area (Å²) in [4.78, 5) is 37.7. The number of carbonyl (C=O) groups excluding carboxylic acids is 3. The van der Waals surface area contributed by atoms with Gasteiger partial charge in [0.05, 0.1) is 0 Å². The Balaban J connectivity index is 4.12. The molecule has 0 aromatic carbocycles. The molecule has 0 aliphatic rings. The van der Waals surface area contributed by atoms with E-state index >= 15 is 0 Å². The van der Waals surface area contributed by atoms with Gasteiger partial charge in [-0.1, -0.05) is 223 Å². The van der Waals surface area contributed by atoms with Crippen molar-refractivity contribution in [3.8, 4) is 0 Å². The Morgan fingerprint density at radius 3 is 0.968 bits per heavy atom. The fraction of sp³-hybridized carbons (Fsp3) is 0.772. The van der Waals surface area contributed by atoms with Gasteiger partial charge in [-0.25, -0.2) is 0 Å². The lowest BCUT2D eigenvalue weighted by molar-refractivity contribution is -0.167. The van der Waals surface area contributed by atoms with Crippen molar-refractivity contribution in [2.45, 2.75) is 271 Å². The number of rotatable bonds is 48. The summed E-state index contributed by atoms with van der Waals surface area (Å²) in [6.07, 6.45) is 63.9. The molecule has 0 N–H and O–H groups in total. The number of esters is 3. The van der Waals surface area contributed by atoms with Gasteiger partial charge < -0.3 is 14.2 Å². The molecule has 6 heteroatoms. The van der Waals surface area contributed by atoms with Gasteiger partial charge in [0, 0.05) is 19.3 Å². The first-order valence-electron chi connectivity index (χ1n) is 26.8. The van der Waals surface area contributed by atoms with Crippen molar-refractivity contribution in [2.75, 3.05) is 13.2 Å². The molecule has 0 saturated heterocycles. The average Bonchev–Trinajstić information content (AvgIpc) is 3.28.